The lowest BCUT2D eigenvalue weighted by Crippen LogP contribution is -2.53. The van der Waals surface area contributed by atoms with Crippen LogP contribution >= 0.6 is 0 Å². The van der Waals surface area contributed by atoms with E-state index in [0.29, 0.717) is 31.4 Å². The monoisotopic (exact) mass is 374 g/mol. The predicted octanol–water partition coefficient (Wildman–Crippen LogP) is 1.04. The Bertz CT molecular complexity index is 675. The first-order chi connectivity index (χ1) is 11.5. The van der Waals surface area contributed by atoms with Crippen molar-refractivity contribution in [1.29, 1.82) is 0 Å². The maximum atomic E-state index is 12.8. The van der Waals surface area contributed by atoms with Gasteiger partial charge in [-0.05, 0) is 38.1 Å². The number of likely N-dealkylation sites (N-methyl/N-ethyl adjacent to an activating group) is 1. The van der Waals surface area contributed by atoms with Gasteiger partial charge in [-0.25, -0.2) is 17.5 Å². The fourth-order valence-corrected chi connectivity index (χ4v) is 3.24. The van der Waals surface area contributed by atoms with Gasteiger partial charge in [0.05, 0.1) is 12.8 Å². The number of halogens is 1. The minimum Gasteiger partial charge on any atom is -0.492 e. The third-order valence-electron chi connectivity index (χ3n) is 3.23. The summed E-state index contributed by atoms with van der Waals surface area (Å²) in [6.07, 6.45) is 1.13. The molecule has 2 N–H and O–H groups in total. The first kappa shape index (κ1) is 21.2. The number of aliphatic imine (C=N–C) groups is 1. The second kappa shape index (κ2) is 9.00. The zero-order valence-corrected chi connectivity index (χ0v) is 16.2. The normalized spacial score (nSPS) is 12.8. The first-order valence-electron chi connectivity index (χ1n) is 7.81. The average Bonchev–Trinajstić information content (AvgIpc) is 2.47. The molecule has 0 saturated carbocycles. The number of sulfonamides is 1. The van der Waals surface area contributed by atoms with Gasteiger partial charge in [-0.1, -0.05) is 0 Å². The Labute approximate surface area is 149 Å². The summed E-state index contributed by atoms with van der Waals surface area (Å²) in [7, 11) is 0.202. The van der Waals surface area contributed by atoms with Crippen LogP contribution in [0, 0.1) is 5.82 Å². The third kappa shape index (κ3) is 8.69. The molecule has 0 spiro atoms. The molecule has 1 aromatic carbocycles. The van der Waals surface area contributed by atoms with Crippen molar-refractivity contribution in [2.75, 3.05) is 40.0 Å². The highest BCUT2D eigenvalue weighted by molar-refractivity contribution is 7.88. The lowest BCUT2D eigenvalue weighted by molar-refractivity contribution is 0.280. The Kier molecular flexibility index (Phi) is 7.62. The number of nitrogens with zero attached hydrogens (tertiary/aromatic N) is 2. The van der Waals surface area contributed by atoms with Gasteiger partial charge in [0, 0.05) is 26.2 Å². The van der Waals surface area contributed by atoms with E-state index in [9.17, 15) is 12.8 Å². The zero-order chi connectivity index (χ0) is 19.1. The van der Waals surface area contributed by atoms with Crippen LogP contribution in [0.4, 0.5) is 4.39 Å². The van der Waals surface area contributed by atoms with Crippen LogP contribution in [0.3, 0.4) is 0 Å². The summed E-state index contributed by atoms with van der Waals surface area (Å²) in [5, 5.41) is 3.13. The summed E-state index contributed by atoms with van der Waals surface area (Å²) in [5.74, 6) is 0.904. The van der Waals surface area contributed by atoms with Gasteiger partial charge < -0.3 is 15.0 Å². The molecule has 142 valence electrons. The Morgan fingerprint density at radius 2 is 1.92 bits per heavy atom. The number of ether oxygens (including phenoxy) is 1. The standard InChI is InChI=1S/C16H27FN4O3S/c1-16(2,20-25(5,22)23)12-19-15(18-3)21(4)10-11-24-14-8-6-13(17)7-9-14/h6-9,20H,10-12H2,1-5H3,(H,18,19). The van der Waals surface area contributed by atoms with E-state index in [4.69, 9.17) is 4.74 Å². The third-order valence-corrected chi connectivity index (χ3v) is 4.16. The predicted molar refractivity (Wildman–Crippen MR) is 97.9 cm³/mol. The average molecular weight is 374 g/mol. The Morgan fingerprint density at radius 1 is 1.32 bits per heavy atom. The molecule has 9 heteroatoms. The Balaban J connectivity index is 2.46. The second-order valence-electron chi connectivity index (χ2n) is 6.38. The highest BCUT2D eigenvalue weighted by atomic mass is 32.2. The molecule has 0 aliphatic carbocycles. The van der Waals surface area contributed by atoms with Crippen molar-refractivity contribution in [3.8, 4) is 5.75 Å². The van der Waals surface area contributed by atoms with Crippen LogP contribution in [0.5, 0.6) is 5.75 Å². The van der Waals surface area contributed by atoms with Crippen molar-refractivity contribution in [1.82, 2.24) is 14.9 Å². The van der Waals surface area contributed by atoms with E-state index in [2.05, 4.69) is 15.0 Å². The van der Waals surface area contributed by atoms with E-state index in [1.54, 1.807) is 33.0 Å². The molecule has 0 amide bonds. The molecule has 7 nitrogen and oxygen atoms in total. The van der Waals surface area contributed by atoms with E-state index >= 15 is 0 Å². The van der Waals surface area contributed by atoms with Gasteiger partial charge in [-0.15, -0.1) is 0 Å². The van der Waals surface area contributed by atoms with Crippen molar-refractivity contribution < 1.29 is 17.5 Å². The molecular weight excluding hydrogens is 347 g/mol. The quantitative estimate of drug-likeness (QED) is 0.525. The van der Waals surface area contributed by atoms with E-state index in [-0.39, 0.29) is 5.82 Å². The second-order valence-corrected chi connectivity index (χ2v) is 8.13. The van der Waals surface area contributed by atoms with Gasteiger partial charge in [0.1, 0.15) is 18.2 Å². The minimum atomic E-state index is -3.29. The maximum absolute atomic E-state index is 12.8. The minimum absolute atomic E-state index is 0.306. The first-order valence-corrected chi connectivity index (χ1v) is 9.71. The molecule has 0 heterocycles. The molecule has 0 aliphatic rings. The van der Waals surface area contributed by atoms with Gasteiger partial charge in [-0.2, -0.15) is 0 Å². The summed E-state index contributed by atoms with van der Waals surface area (Å²) in [4.78, 5) is 6.04. The highest BCUT2D eigenvalue weighted by Crippen LogP contribution is 2.10. The molecule has 0 radical (unpaired) electrons. The molecule has 0 aliphatic heterocycles. The Hall–Kier alpha value is -1.87. The van der Waals surface area contributed by atoms with Crippen LogP contribution in [-0.2, 0) is 10.0 Å². The molecule has 0 bridgehead atoms. The van der Waals surface area contributed by atoms with Crippen molar-refractivity contribution in [2.24, 2.45) is 4.99 Å². The molecule has 1 rings (SSSR count). The van der Waals surface area contributed by atoms with Crippen LogP contribution in [0.1, 0.15) is 13.8 Å². The fraction of sp³-hybridized carbons (Fsp3) is 0.562. The molecular formula is C16H27FN4O3S. The van der Waals surface area contributed by atoms with Crippen LogP contribution in [0.25, 0.3) is 0 Å². The SMILES string of the molecule is CN=C(NCC(C)(C)NS(C)(=O)=O)N(C)CCOc1ccc(F)cc1. The topological polar surface area (TPSA) is 83.0 Å². The molecule has 0 saturated heterocycles. The smallest absolute Gasteiger partial charge is 0.209 e. The maximum Gasteiger partial charge on any atom is 0.209 e. The van der Waals surface area contributed by atoms with Crippen molar-refractivity contribution in [2.45, 2.75) is 19.4 Å². The number of benzene rings is 1. The van der Waals surface area contributed by atoms with Crippen LogP contribution in [0.15, 0.2) is 29.3 Å². The van der Waals surface area contributed by atoms with E-state index < -0.39 is 15.6 Å². The zero-order valence-electron chi connectivity index (χ0n) is 15.3. The van der Waals surface area contributed by atoms with Crippen molar-refractivity contribution >= 4 is 16.0 Å². The van der Waals surface area contributed by atoms with E-state index in [1.807, 2.05) is 11.9 Å². The van der Waals surface area contributed by atoms with Gasteiger partial charge in [0.25, 0.3) is 0 Å². The number of guanidine groups is 1. The largest absolute Gasteiger partial charge is 0.492 e. The summed E-state index contributed by atoms with van der Waals surface area (Å²) in [6, 6.07) is 5.83. The molecule has 25 heavy (non-hydrogen) atoms. The van der Waals surface area contributed by atoms with Gasteiger partial charge in [0.2, 0.25) is 10.0 Å². The molecule has 0 aromatic heterocycles. The van der Waals surface area contributed by atoms with Crippen LogP contribution in [-0.4, -0.2) is 64.9 Å². The van der Waals surface area contributed by atoms with Crippen molar-refractivity contribution in [3.05, 3.63) is 30.1 Å². The molecule has 1 aromatic rings. The number of hydrogen-bond acceptors (Lipinski definition) is 4. The van der Waals surface area contributed by atoms with E-state index in [1.165, 1.54) is 12.1 Å². The fourth-order valence-electron chi connectivity index (χ4n) is 2.16. The molecule has 0 atom stereocenters. The summed E-state index contributed by atoms with van der Waals surface area (Å²) in [5.41, 5.74) is -0.658. The summed E-state index contributed by atoms with van der Waals surface area (Å²) >= 11 is 0. The molecule has 0 fully saturated rings. The van der Waals surface area contributed by atoms with Gasteiger partial charge in [0.15, 0.2) is 5.96 Å². The number of rotatable bonds is 8. The highest BCUT2D eigenvalue weighted by Gasteiger charge is 2.22. The van der Waals surface area contributed by atoms with Crippen molar-refractivity contribution in [3.63, 3.8) is 0 Å². The van der Waals surface area contributed by atoms with Crippen LogP contribution < -0.4 is 14.8 Å². The summed E-state index contributed by atoms with van der Waals surface area (Å²) in [6.45, 7) is 4.89. The molecule has 0 unspecified atom stereocenters. The van der Waals surface area contributed by atoms with Gasteiger partial charge >= 0.3 is 0 Å². The summed E-state index contributed by atoms with van der Waals surface area (Å²) < 4.78 is 43.7. The van der Waals surface area contributed by atoms with Crippen LogP contribution in [0.2, 0.25) is 0 Å². The lowest BCUT2D eigenvalue weighted by Gasteiger charge is -2.29. The lowest BCUT2D eigenvalue weighted by atomic mass is 10.1. The van der Waals surface area contributed by atoms with E-state index in [0.717, 1.165) is 6.26 Å². The van der Waals surface area contributed by atoms with Gasteiger partial charge in [-0.3, -0.25) is 4.99 Å². The number of nitrogens with one attached hydrogen (secondary N) is 2. The number of hydrogen-bond donors (Lipinski definition) is 2. The Morgan fingerprint density at radius 3 is 2.44 bits per heavy atom.